The van der Waals surface area contributed by atoms with E-state index in [0.29, 0.717) is 11.7 Å². The molecule has 1 amide bonds. The minimum atomic E-state index is -0.589. The molecule has 0 aromatic heterocycles. The molecule has 28 heavy (non-hydrogen) atoms. The second-order valence-corrected chi connectivity index (χ2v) is 7.95. The van der Waals surface area contributed by atoms with Crippen LogP contribution in [0.3, 0.4) is 0 Å². The van der Waals surface area contributed by atoms with Crippen molar-refractivity contribution in [1.82, 2.24) is 5.32 Å². The number of aryl methyl sites for hydroxylation is 2. The van der Waals surface area contributed by atoms with Gasteiger partial charge in [0, 0.05) is 5.02 Å². The first-order chi connectivity index (χ1) is 13.3. The van der Waals surface area contributed by atoms with Crippen molar-refractivity contribution >= 4 is 17.5 Å². The molecule has 3 atom stereocenters. The third kappa shape index (κ3) is 5.51. The molecule has 2 aromatic rings. The van der Waals surface area contributed by atoms with Crippen molar-refractivity contribution in [3.63, 3.8) is 0 Å². The molecule has 0 saturated carbocycles. The van der Waals surface area contributed by atoms with Gasteiger partial charge < -0.3 is 10.1 Å². The van der Waals surface area contributed by atoms with Crippen LogP contribution in [0.5, 0.6) is 5.75 Å². The smallest absolute Gasteiger partial charge is 0.261 e. The Bertz CT molecular complexity index is 778. The van der Waals surface area contributed by atoms with Gasteiger partial charge in [-0.3, -0.25) is 4.79 Å². The SMILES string of the molecule is CCC(C)c1ccc(C(CC)NC(=O)C(C)Oc2cc(C)c(Cl)c(C)c2)cc1. The third-order valence-electron chi connectivity index (χ3n) is 5.34. The van der Waals surface area contributed by atoms with Crippen LogP contribution in [0.15, 0.2) is 36.4 Å². The zero-order valence-electron chi connectivity index (χ0n) is 17.8. The van der Waals surface area contributed by atoms with E-state index in [-0.39, 0.29) is 11.9 Å². The highest BCUT2D eigenvalue weighted by atomic mass is 35.5. The Morgan fingerprint density at radius 1 is 1.00 bits per heavy atom. The molecular formula is C24H32ClNO2. The molecule has 0 aliphatic rings. The molecule has 0 heterocycles. The maximum absolute atomic E-state index is 12.7. The monoisotopic (exact) mass is 401 g/mol. The molecular weight excluding hydrogens is 370 g/mol. The maximum Gasteiger partial charge on any atom is 0.261 e. The average molecular weight is 402 g/mol. The first-order valence-corrected chi connectivity index (χ1v) is 10.5. The molecule has 4 heteroatoms. The Hall–Kier alpha value is -2.00. The van der Waals surface area contributed by atoms with Gasteiger partial charge in [0.25, 0.3) is 5.91 Å². The van der Waals surface area contributed by atoms with Gasteiger partial charge in [0.1, 0.15) is 5.75 Å². The van der Waals surface area contributed by atoms with Gasteiger partial charge in [-0.05, 0) is 73.9 Å². The number of halogens is 1. The Balaban J connectivity index is 2.04. The summed E-state index contributed by atoms with van der Waals surface area (Å²) in [6.07, 6.45) is 1.35. The van der Waals surface area contributed by atoms with E-state index < -0.39 is 6.10 Å². The Morgan fingerprint density at radius 2 is 1.54 bits per heavy atom. The summed E-state index contributed by atoms with van der Waals surface area (Å²) in [6.45, 7) is 12.1. The van der Waals surface area contributed by atoms with E-state index in [1.807, 2.05) is 26.0 Å². The van der Waals surface area contributed by atoms with E-state index in [4.69, 9.17) is 16.3 Å². The molecule has 0 saturated heterocycles. The molecule has 0 fully saturated rings. The molecule has 0 spiro atoms. The molecule has 1 N–H and O–H groups in total. The van der Waals surface area contributed by atoms with E-state index in [1.54, 1.807) is 6.92 Å². The lowest BCUT2D eigenvalue weighted by molar-refractivity contribution is -0.128. The largest absolute Gasteiger partial charge is 0.481 e. The highest BCUT2D eigenvalue weighted by Crippen LogP contribution is 2.27. The lowest BCUT2D eigenvalue weighted by Gasteiger charge is -2.22. The van der Waals surface area contributed by atoms with Gasteiger partial charge in [-0.2, -0.15) is 0 Å². The van der Waals surface area contributed by atoms with Crippen molar-refractivity contribution in [3.8, 4) is 5.75 Å². The second kappa shape index (κ2) is 9.97. The van der Waals surface area contributed by atoms with Crippen molar-refractivity contribution < 1.29 is 9.53 Å². The lowest BCUT2D eigenvalue weighted by Crippen LogP contribution is -2.38. The zero-order valence-corrected chi connectivity index (χ0v) is 18.6. The van der Waals surface area contributed by atoms with Crippen LogP contribution in [0, 0.1) is 13.8 Å². The van der Waals surface area contributed by atoms with Crippen molar-refractivity contribution in [1.29, 1.82) is 0 Å². The standard InChI is InChI=1S/C24H32ClNO2/c1-7-15(3)19-9-11-20(12-10-19)22(8-2)26-24(27)18(6)28-21-13-16(4)23(25)17(5)14-21/h9-15,18,22H,7-8H2,1-6H3,(H,26,27). The zero-order chi connectivity index (χ0) is 20.8. The predicted molar refractivity (Wildman–Crippen MR) is 117 cm³/mol. The second-order valence-electron chi connectivity index (χ2n) is 7.58. The summed E-state index contributed by atoms with van der Waals surface area (Å²) in [5.41, 5.74) is 4.33. The molecule has 152 valence electrons. The fourth-order valence-electron chi connectivity index (χ4n) is 3.23. The summed E-state index contributed by atoms with van der Waals surface area (Å²) < 4.78 is 5.87. The van der Waals surface area contributed by atoms with Crippen LogP contribution in [0.25, 0.3) is 0 Å². The van der Waals surface area contributed by atoms with Crippen LogP contribution >= 0.6 is 11.6 Å². The Morgan fingerprint density at radius 3 is 2.04 bits per heavy atom. The number of amides is 1. The predicted octanol–water partition coefficient (Wildman–Crippen LogP) is 6.51. The topological polar surface area (TPSA) is 38.3 Å². The number of hydrogen-bond donors (Lipinski definition) is 1. The lowest BCUT2D eigenvalue weighted by atomic mass is 9.95. The van der Waals surface area contributed by atoms with E-state index in [9.17, 15) is 4.79 Å². The summed E-state index contributed by atoms with van der Waals surface area (Å²) in [7, 11) is 0. The van der Waals surface area contributed by atoms with Gasteiger partial charge in [-0.1, -0.05) is 56.6 Å². The molecule has 0 radical (unpaired) electrons. The van der Waals surface area contributed by atoms with E-state index in [1.165, 1.54) is 5.56 Å². The fraction of sp³-hybridized carbons (Fsp3) is 0.458. The molecule has 2 aromatic carbocycles. The van der Waals surface area contributed by atoms with Gasteiger partial charge in [0.15, 0.2) is 6.10 Å². The summed E-state index contributed by atoms with van der Waals surface area (Å²) in [5, 5.41) is 3.85. The molecule has 0 aliphatic carbocycles. The number of nitrogens with one attached hydrogen (secondary N) is 1. The number of ether oxygens (including phenoxy) is 1. The molecule has 3 unspecified atom stereocenters. The van der Waals surface area contributed by atoms with Crippen LogP contribution in [0.2, 0.25) is 5.02 Å². The number of carbonyl (C=O) groups is 1. The average Bonchev–Trinajstić information content (AvgIpc) is 2.69. The van der Waals surface area contributed by atoms with Crippen LogP contribution in [0.4, 0.5) is 0 Å². The van der Waals surface area contributed by atoms with E-state index in [2.05, 4.69) is 50.4 Å². The van der Waals surface area contributed by atoms with Gasteiger partial charge in [0.05, 0.1) is 6.04 Å². The summed E-state index contributed by atoms with van der Waals surface area (Å²) in [6, 6.07) is 12.3. The fourth-order valence-corrected chi connectivity index (χ4v) is 3.34. The van der Waals surface area contributed by atoms with Crippen LogP contribution < -0.4 is 10.1 Å². The van der Waals surface area contributed by atoms with E-state index >= 15 is 0 Å². The van der Waals surface area contributed by atoms with Gasteiger partial charge in [-0.25, -0.2) is 0 Å². The Kier molecular flexibility index (Phi) is 7.94. The molecule has 0 bridgehead atoms. The maximum atomic E-state index is 12.7. The van der Waals surface area contributed by atoms with Crippen molar-refractivity contribution in [2.45, 2.75) is 72.4 Å². The number of rotatable bonds is 8. The minimum Gasteiger partial charge on any atom is -0.481 e. The number of carbonyl (C=O) groups excluding carboxylic acids is 1. The molecule has 2 rings (SSSR count). The first kappa shape index (κ1) is 22.3. The van der Waals surface area contributed by atoms with Crippen molar-refractivity contribution in [3.05, 3.63) is 63.7 Å². The highest BCUT2D eigenvalue weighted by molar-refractivity contribution is 6.32. The molecule has 3 nitrogen and oxygen atoms in total. The summed E-state index contributed by atoms with van der Waals surface area (Å²) >= 11 is 6.21. The molecule has 0 aliphatic heterocycles. The number of benzene rings is 2. The Labute approximate surface area is 174 Å². The van der Waals surface area contributed by atoms with Crippen molar-refractivity contribution in [2.24, 2.45) is 0 Å². The van der Waals surface area contributed by atoms with Gasteiger partial charge in [0.2, 0.25) is 0 Å². The van der Waals surface area contributed by atoms with Crippen molar-refractivity contribution in [2.75, 3.05) is 0 Å². The third-order valence-corrected chi connectivity index (χ3v) is 5.93. The van der Waals surface area contributed by atoms with Gasteiger partial charge in [-0.15, -0.1) is 0 Å². The van der Waals surface area contributed by atoms with Crippen LogP contribution in [0.1, 0.15) is 74.8 Å². The van der Waals surface area contributed by atoms with Crippen LogP contribution in [-0.4, -0.2) is 12.0 Å². The summed E-state index contributed by atoms with van der Waals surface area (Å²) in [5.74, 6) is 1.08. The quantitative estimate of drug-likeness (QED) is 0.547. The number of hydrogen-bond acceptors (Lipinski definition) is 2. The minimum absolute atomic E-state index is 0.0294. The summed E-state index contributed by atoms with van der Waals surface area (Å²) in [4.78, 5) is 12.7. The van der Waals surface area contributed by atoms with E-state index in [0.717, 1.165) is 34.6 Å². The highest BCUT2D eigenvalue weighted by Gasteiger charge is 2.20. The first-order valence-electron chi connectivity index (χ1n) is 10.1. The van der Waals surface area contributed by atoms with Crippen LogP contribution in [-0.2, 0) is 4.79 Å². The van der Waals surface area contributed by atoms with Gasteiger partial charge >= 0.3 is 0 Å². The normalized spacial score (nSPS) is 14.2.